The summed E-state index contributed by atoms with van der Waals surface area (Å²) < 4.78 is 5.65. The van der Waals surface area contributed by atoms with Crippen molar-refractivity contribution in [2.24, 2.45) is 0 Å². The van der Waals surface area contributed by atoms with Crippen LogP contribution in [0.25, 0.3) is 0 Å². The highest BCUT2D eigenvalue weighted by Gasteiger charge is 2.32. The van der Waals surface area contributed by atoms with E-state index in [9.17, 15) is 4.79 Å². The molecule has 4 nitrogen and oxygen atoms in total. The van der Waals surface area contributed by atoms with Gasteiger partial charge in [-0.15, -0.1) is 0 Å². The molecule has 1 aromatic rings. The summed E-state index contributed by atoms with van der Waals surface area (Å²) in [5, 5.41) is 3.61. The number of carbonyl (C=O) groups excluding carboxylic acids is 1. The largest absolute Gasteiger partial charge is 0.485 e. The number of rotatable bonds is 2. The van der Waals surface area contributed by atoms with Crippen molar-refractivity contribution in [3.05, 3.63) is 28.2 Å². The molecule has 2 rings (SSSR count). The van der Waals surface area contributed by atoms with Crippen LogP contribution in [0.3, 0.4) is 0 Å². The lowest BCUT2D eigenvalue weighted by Crippen LogP contribution is -2.58. The van der Waals surface area contributed by atoms with E-state index < -0.39 is 0 Å². The maximum absolute atomic E-state index is 11.2. The van der Waals surface area contributed by atoms with E-state index in [1.807, 2.05) is 0 Å². The summed E-state index contributed by atoms with van der Waals surface area (Å²) in [6.07, 6.45) is -0.00836. The second-order valence-electron chi connectivity index (χ2n) is 3.77. The molecule has 0 unspecified atom stereocenters. The number of ether oxygens (including phenoxy) is 1. The van der Waals surface area contributed by atoms with Crippen LogP contribution in [0.2, 0.25) is 10.0 Å². The number of hydrogen-bond donors (Lipinski definition) is 1. The minimum absolute atomic E-state index is 0.00836. The lowest BCUT2D eigenvalue weighted by atomic mass is 10.2. The van der Waals surface area contributed by atoms with E-state index in [4.69, 9.17) is 27.9 Å². The van der Waals surface area contributed by atoms with E-state index in [1.165, 1.54) is 0 Å². The molecule has 6 heteroatoms. The van der Waals surface area contributed by atoms with E-state index in [1.54, 1.807) is 30.1 Å². The Morgan fingerprint density at radius 1 is 1.47 bits per heavy atom. The third-order valence-corrected chi connectivity index (χ3v) is 3.07. The van der Waals surface area contributed by atoms with Crippen LogP contribution in [-0.2, 0) is 0 Å². The summed E-state index contributed by atoms with van der Waals surface area (Å²) in [7, 11) is 1.60. The smallest absolute Gasteiger partial charge is 0.317 e. The Morgan fingerprint density at radius 2 is 2.18 bits per heavy atom. The first-order chi connectivity index (χ1) is 8.10. The highest BCUT2D eigenvalue weighted by molar-refractivity contribution is 6.35. The summed E-state index contributed by atoms with van der Waals surface area (Å²) in [6, 6.07) is 4.99. The van der Waals surface area contributed by atoms with Crippen LogP contribution in [0, 0.1) is 0 Å². The van der Waals surface area contributed by atoms with Gasteiger partial charge in [0, 0.05) is 12.1 Å². The third kappa shape index (κ3) is 2.76. The lowest BCUT2D eigenvalue weighted by molar-refractivity contribution is 0.0452. The van der Waals surface area contributed by atoms with Crippen LogP contribution < -0.4 is 10.1 Å². The average Bonchev–Trinajstić information content (AvgIpc) is 2.24. The fraction of sp³-hybridized carbons (Fsp3) is 0.364. The molecule has 17 heavy (non-hydrogen) atoms. The minimum Gasteiger partial charge on any atom is -0.485 e. The van der Waals surface area contributed by atoms with Crippen LogP contribution in [0.4, 0.5) is 4.79 Å². The normalized spacial score (nSPS) is 15.4. The van der Waals surface area contributed by atoms with Gasteiger partial charge in [0.05, 0.1) is 18.1 Å². The van der Waals surface area contributed by atoms with Gasteiger partial charge in [0.15, 0.2) is 0 Å². The molecule has 1 aliphatic rings. The molecule has 1 heterocycles. The number of benzene rings is 1. The van der Waals surface area contributed by atoms with Crippen molar-refractivity contribution in [3.8, 4) is 5.75 Å². The molecule has 0 saturated carbocycles. The van der Waals surface area contributed by atoms with Crippen molar-refractivity contribution >= 4 is 29.2 Å². The molecule has 1 fully saturated rings. The number of nitrogens with one attached hydrogen (secondary N) is 1. The maximum Gasteiger partial charge on any atom is 0.317 e. The second kappa shape index (κ2) is 5.02. The monoisotopic (exact) mass is 274 g/mol. The zero-order chi connectivity index (χ0) is 12.4. The summed E-state index contributed by atoms with van der Waals surface area (Å²) in [5.41, 5.74) is 0. The van der Waals surface area contributed by atoms with Crippen molar-refractivity contribution in [2.45, 2.75) is 6.10 Å². The Bertz CT molecular complexity index is 433. The summed E-state index contributed by atoms with van der Waals surface area (Å²) in [5.74, 6) is 0.595. The molecule has 0 atom stereocenters. The van der Waals surface area contributed by atoms with Gasteiger partial charge in [0.2, 0.25) is 0 Å². The number of halogens is 2. The number of likely N-dealkylation sites (tertiary alicyclic amines) is 1. The molecule has 1 N–H and O–H groups in total. The summed E-state index contributed by atoms with van der Waals surface area (Å²) in [4.78, 5) is 12.9. The molecule has 0 aromatic heterocycles. The summed E-state index contributed by atoms with van der Waals surface area (Å²) in [6.45, 7) is 1.14. The zero-order valence-electron chi connectivity index (χ0n) is 9.24. The van der Waals surface area contributed by atoms with Gasteiger partial charge in [-0.1, -0.05) is 23.2 Å². The summed E-state index contributed by atoms with van der Waals surface area (Å²) >= 11 is 11.8. The van der Waals surface area contributed by atoms with Gasteiger partial charge >= 0.3 is 6.03 Å². The molecule has 0 aliphatic carbocycles. The molecule has 0 spiro atoms. The Balaban J connectivity index is 1.90. The van der Waals surface area contributed by atoms with Gasteiger partial charge in [-0.3, -0.25) is 0 Å². The van der Waals surface area contributed by atoms with Crippen LogP contribution in [0.1, 0.15) is 0 Å². The number of amides is 2. The van der Waals surface area contributed by atoms with Crippen molar-refractivity contribution in [3.63, 3.8) is 0 Å². The molecule has 1 aromatic carbocycles. The zero-order valence-corrected chi connectivity index (χ0v) is 10.8. The predicted octanol–water partition coefficient (Wildman–Crippen LogP) is 2.40. The van der Waals surface area contributed by atoms with Gasteiger partial charge in [0.25, 0.3) is 0 Å². The number of hydrogen-bond acceptors (Lipinski definition) is 2. The maximum atomic E-state index is 11.2. The third-order valence-electron chi connectivity index (χ3n) is 2.54. The Morgan fingerprint density at radius 3 is 2.76 bits per heavy atom. The molecule has 1 aliphatic heterocycles. The average molecular weight is 275 g/mol. The van der Waals surface area contributed by atoms with Crippen LogP contribution in [0.5, 0.6) is 5.75 Å². The quantitative estimate of drug-likeness (QED) is 0.900. The molecule has 92 valence electrons. The number of urea groups is 1. The number of nitrogens with zero attached hydrogens (tertiary/aromatic N) is 1. The van der Waals surface area contributed by atoms with E-state index in [2.05, 4.69) is 5.32 Å². The molecular weight excluding hydrogens is 263 g/mol. The van der Waals surface area contributed by atoms with Gasteiger partial charge in [0.1, 0.15) is 11.9 Å². The molecule has 0 bridgehead atoms. The minimum atomic E-state index is -0.0907. The SMILES string of the molecule is CNC(=O)N1CC(Oc2ccc(Cl)cc2Cl)C1. The Kier molecular flexibility index (Phi) is 3.64. The van der Waals surface area contributed by atoms with Crippen LogP contribution >= 0.6 is 23.2 Å². The van der Waals surface area contributed by atoms with Crippen molar-refractivity contribution in [1.29, 1.82) is 0 Å². The topological polar surface area (TPSA) is 41.6 Å². The highest BCUT2D eigenvalue weighted by Crippen LogP contribution is 2.29. The fourth-order valence-corrected chi connectivity index (χ4v) is 2.04. The molecular formula is C11H12Cl2N2O2. The highest BCUT2D eigenvalue weighted by atomic mass is 35.5. The fourth-order valence-electron chi connectivity index (χ4n) is 1.59. The second-order valence-corrected chi connectivity index (χ2v) is 4.62. The molecule has 0 radical (unpaired) electrons. The van der Waals surface area contributed by atoms with E-state index in [0.29, 0.717) is 28.9 Å². The predicted molar refractivity (Wildman–Crippen MR) is 66.9 cm³/mol. The molecule has 1 saturated heterocycles. The Labute approximate surface area is 109 Å². The van der Waals surface area contributed by atoms with Crippen molar-refractivity contribution in [2.75, 3.05) is 20.1 Å². The lowest BCUT2D eigenvalue weighted by Gasteiger charge is -2.38. The van der Waals surface area contributed by atoms with E-state index in [0.717, 1.165) is 0 Å². The molecule has 2 amide bonds. The van der Waals surface area contributed by atoms with Crippen molar-refractivity contribution < 1.29 is 9.53 Å². The van der Waals surface area contributed by atoms with Crippen LogP contribution in [-0.4, -0.2) is 37.2 Å². The Hall–Kier alpha value is -1.13. The van der Waals surface area contributed by atoms with E-state index >= 15 is 0 Å². The number of carbonyl (C=O) groups is 1. The first-order valence-corrected chi connectivity index (χ1v) is 5.94. The van der Waals surface area contributed by atoms with Gasteiger partial charge in [-0.05, 0) is 18.2 Å². The van der Waals surface area contributed by atoms with Gasteiger partial charge < -0.3 is 15.0 Å². The van der Waals surface area contributed by atoms with Gasteiger partial charge in [-0.25, -0.2) is 4.79 Å². The van der Waals surface area contributed by atoms with E-state index in [-0.39, 0.29) is 12.1 Å². The standard InChI is InChI=1S/C11H12Cl2N2O2/c1-14-11(16)15-5-8(6-15)17-10-3-2-7(12)4-9(10)13/h2-4,8H,5-6H2,1H3,(H,14,16). The first kappa shape index (κ1) is 12.3. The van der Waals surface area contributed by atoms with Crippen molar-refractivity contribution in [1.82, 2.24) is 10.2 Å². The first-order valence-electron chi connectivity index (χ1n) is 5.18. The van der Waals surface area contributed by atoms with Gasteiger partial charge in [-0.2, -0.15) is 0 Å². The van der Waals surface area contributed by atoms with Crippen LogP contribution in [0.15, 0.2) is 18.2 Å².